The first-order valence-corrected chi connectivity index (χ1v) is 10.7. The van der Waals surface area contributed by atoms with E-state index in [1.807, 2.05) is 48.5 Å². The molecule has 0 saturated heterocycles. The second-order valence-corrected chi connectivity index (χ2v) is 8.83. The number of rotatable bonds is 8. The van der Waals surface area contributed by atoms with Gasteiger partial charge >= 0.3 is 12.1 Å². The summed E-state index contributed by atoms with van der Waals surface area (Å²) >= 11 is 0. The number of hydrogen-bond acceptors (Lipinski definition) is 7. The molecule has 0 aliphatic heterocycles. The van der Waals surface area contributed by atoms with Gasteiger partial charge in [0.25, 0.3) is 5.91 Å². The fourth-order valence-electron chi connectivity index (χ4n) is 4.03. The molecule has 1 aromatic heterocycles. The number of carbonyl (C=O) groups is 3. The van der Waals surface area contributed by atoms with Gasteiger partial charge in [0.05, 0.1) is 6.42 Å². The molecule has 10 nitrogen and oxygen atoms in total. The Kier molecular flexibility index (Phi) is 6.31. The Hall–Kier alpha value is -4.21. The van der Waals surface area contributed by atoms with E-state index in [0.29, 0.717) is 0 Å². The van der Waals surface area contributed by atoms with E-state index < -0.39 is 23.4 Å². The zero-order chi connectivity index (χ0) is 24.3. The van der Waals surface area contributed by atoms with Crippen molar-refractivity contribution in [3.05, 3.63) is 65.4 Å². The van der Waals surface area contributed by atoms with Crippen LogP contribution in [0.15, 0.2) is 53.2 Å². The van der Waals surface area contributed by atoms with Crippen LogP contribution >= 0.6 is 0 Å². The van der Waals surface area contributed by atoms with E-state index in [9.17, 15) is 14.4 Å². The molecule has 1 heterocycles. The summed E-state index contributed by atoms with van der Waals surface area (Å²) in [5.74, 6) is -1.94. The molecule has 176 valence electrons. The lowest BCUT2D eigenvalue weighted by atomic mass is 9.89. The quantitative estimate of drug-likeness (QED) is 0.458. The van der Waals surface area contributed by atoms with Crippen molar-refractivity contribution >= 4 is 23.8 Å². The Morgan fingerprint density at radius 1 is 1.03 bits per heavy atom. The maximum absolute atomic E-state index is 12.5. The highest BCUT2D eigenvalue weighted by atomic mass is 16.6. The number of carboxylic acids is 1. The number of aliphatic carboxylic acids is 1. The Morgan fingerprint density at radius 2 is 1.65 bits per heavy atom. The van der Waals surface area contributed by atoms with Gasteiger partial charge in [-0.3, -0.25) is 14.9 Å². The summed E-state index contributed by atoms with van der Waals surface area (Å²) in [5.41, 5.74) is 3.45. The molecule has 3 N–H and O–H groups in total. The zero-order valence-corrected chi connectivity index (χ0v) is 18.7. The van der Waals surface area contributed by atoms with Crippen molar-refractivity contribution in [1.82, 2.24) is 15.6 Å². The van der Waals surface area contributed by atoms with Crippen molar-refractivity contribution in [3.63, 3.8) is 0 Å². The number of aromatic nitrogens is 2. The minimum atomic E-state index is -0.972. The predicted octanol–water partition coefficient (Wildman–Crippen LogP) is 3.66. The number of fused-ring (bicyclic) bond motifs is 3. The largest absolute Gasteiger partial charge is 0.481 e. The summed E-state index contributed by atoms with van der Waals surface area (Å²) in [6.07, 6.45) is -0.937. The number of hydrogen-bond donors (Lipinski definition) is 3. The normalized spacial score (nSPS) is 12.5. The molecule has 0 fully saturated rings. The van der Waals surface area contributed by atoms with Gasteiger partial charge < -0.3 is 15.2 Å². The maximum atomic E-state index is 12.5. The van der Waals surface area contributed by atoms with Crippen LogP contribution < -0.4 is 10.6 Å². The third kappa shape index (κ3) is 4.90. The molecule has 0 saturated carbocycles. The van der Waals surface area contributed by atoms with E-state index in [0.717, 1.165) is 22.3 Å². The van der Waals surface area contributed by atoms with Crippen molar-refractivity contribution in [2.75, 3.05) is 18.5 Å². The molecule has 0 atom stereocenters. The molecule has 10 heteroatoms. The second kappa shape index (κ2) is 9.34. The van der Waals surface area contributed by atoms with Gasteiger partial charge in [-0.2, -0.15) is 0 Å². The summed E-state index contributed by atoms with van der Waals surface area (Å²) in [5, 5.41) is 21.1. The number of ether oxygens (including phenoxy) is 1. The molecule has 0 unspecified atom stereocenters. The lowest BCUT2D eigenvalue weighted by molar-refractivity contribution is -0.139. The fourth-order valence-corrected chi connectivity index (χ4v) is 4.03. The molecule has 4 rings (SSSR count). The Bertz CT molecular complexity index is 1190. The molecule has 0 bridgehead atoms. The minimum Gasteiger partial charge on any atom is -0.481 e. The van der Waals surface area contributed by atoms with E-state index in [2.05, 4.69) is 25.6 Å². The number of anilines is 1. The zero-order valence-electron chi connectivity index (χ0n) is 18.7. The fraction of sp³-hybridized carbons (Fsp3) is 0.292. The SMILES string of the molecule is CC(C)(CNC(=O)c1nonc1NC(=O)OCC1c2ccccc2-c2ccccc21)CC(=O)O. The standard InChI is InChI=1S/C24H24N4O6/c1-24(2,11-19(29)30)13-25-22(31)20-21(28-34-27-20)26-23(32)33-12-18-16-9-5-3-7-14(16)15-8-4-6-10-17(15)18/h3-10,18H,11-13H2,1-2H3,(H,25,31)(H,29,30)(H,26,28,32). The number of nitrogens with zero attached hydrogens (tertiary/aromatic N) is 2. The van der Waals surface area contributed by atoms with E-state index in [1.165, 1.54) is 0 Å². The van der Waals surface area contributed by atoms with Crippen LogP contribution in [0.3, 0.4) is 0 Å². The molecular formula is C24H24N4O6. The minimum absolute atomic E-state index is 0.0787. The van der Waals surface area contributed by atoms with Crippen molar-refractivity contribution in [1.29, 1.82) is 0 Å². The number of carbonyl (C=O) groups excluding carboxylic acids is 2. The number of amides is 2. The number of nitrogens with one attached hydrogen (secondary N) is 2. The Morgan fingerprint density at radius 3 is 2.26 bits per heavy atom. The van der Waals surface area contributed by atoms with Gasteiger partial charge in [0.15, 0.2) is 0 Å². The lowest BCUT2D eigenvalue weighted by Crippen LogP contribution is -2.36. The second-order valence-electron chi connectivity index (χ2n) is 8.83. The van der Waals surface area contributed by atoms with E-state index in [4.69, 9.17) is 9.84 Å². The lowest BCUT2D eigenvalue weighted by Gasteiger charge is -2.22. The summed E-state index contributed by atoms with van der Waals surface area (Å²) in [7, 11) is 0. The summed E-state index contributed by atoms with van der Waals surface area (Å²) in [6, 6.07) is 15.9. The number of carboxylic acid groups (broad SMARTS) is 1. The molecular weight excluding hydrogens is 440 g/mol. The van der Waals surface area contributed by atoms with E-state index >= 15 is 0 Å². The Labute approximate surface area is 195 Å². The highest BCUT2D eigenvalue weighted by Crippen LogP contribution is 2.44. The van der Waals surface area contributed by atoms with Crippen LogP contribution in [0.25, 0.3) is 11.1 Å². The average molecular weight is 464 g/mol. The average Bonchev–Trinajstić information content (AvgIpc) is 3.38. The van der Waals surface area contributed by atoms with Crippen LogP contribution in [0.5, 0.6) is 0 Å². The van der Waals surface area contributed by atoms with Gasteiger partial charge in [-0.25, -0.2) is 9.42 Å². The molecule has 1 aliphatic rings. The molecule has 0 spiro atoms. The first-order chi connectivity index (χ1) is 16.2. The van der Waals surface area contributed by atoms with Gasteiger partial charge in [-0.15, -0.1) is 0 Å². The van der Waals surface area contributed by atoms with Gasteiger partial charge in [-0.05, 0) is 38.0 Å². The predicted molar refractivity (Wildman–Crippen MR) is 121 cm³/mol. The molecule has 3 aromatic rings. The smallest absolute Gasteiger partial charge is 0.412 e. The Balaban J connectivity index is 1.38. The van der Waals surface area contributed by atoms with Crippen LogP contribution in [0, 0.1) is 5.41 Å². The molecule has 1 aliphatic carbocycles. The van der Waals surface area contributed by atoms with Crippen LogP contribution in [-0.4, -0.2) is 46.5 Å². The first-order valence-electron chi connectivity index (χ1n) is 10.7. The summed E-state index contributed by atoms with van der Waals surface area (Å²) in [6.45, 7) is 3.59. The van der Waals surface area contributed by atoms with Crippen LogP contribution in [0.2, 0.25) is 0 Å². The van der Waals surface area contributed by atoms with Crippen molar-refractivity contribution in [2.24, 2.45) is 5.41 Å². The van der Waals surface area contributed by atoms with Crippen molar-refractivity contribution in [3.8, 4) is 11.1 Å². The van der Waals surface area contributed by atoms with E-state index in [-0.39, 0.29) is 37.0 Å². The topological polar surface area (TPSA) is 144 Å². The maximum Gasteiger partial charge on any atom is 0.412 e. The highest BCUT2D eigenvalue weighted by molar-refractivity contribution is 5.99. The van der Waals surface area contributed by atoms with Gasteiger partial charge in [-0.1, -0.05) is 62.4 Å². The van der Waals surface area contributed by atoms with Crippen molar-refractivity contribution in [2.45, 2.75) is 26.2 Å². The van der Waals surface area contributed by atoms with Crippen molar-refractivity contribution < 1.29 is 28.9 Å². The highest BCUT2D eigenvalue weighted by Gasteiger charge is 2.30. The van der Waals surface area contributed by atoms with Gasteiger partial charge in [0.2, 0.25) is 11.5 Å². The monoisotopic (exact) mass is 464 g/mol. The van der Waals surface area contributed by atoms with E-state index in [1.54, 1.807) is 13.8 Å². The molecule has 0 radical (unpaired) electrons. The molecule has 2 aromatic carbocycles. The van der Waals surface area contributed by atoms with Crippen LogP contribution in [-0.2, 0) is 9.53 Å². The first kappa shape index (κ1) is 23.0. The summed E-state index contributed by atoms with van der Waals surface area (Å²) < 4.78 is 10.1. The third-order valence-electron chi connectivity index (χ3n) is 5.63. The molecule has 34 heavy (non-hydrogen) atoms. The van der Waals surface area contributed by atoms with Crippen LogP contribution in [0.1, 0.15) is 47.8 Å². The van der Waals surface area contributed by atoms with Crippen LogP contribution in [0.4, 0.5) is 10.6 Å². The van der Waals surface area contributed by atoms with Gasteiger partial charge in [0, 0.05) is 12.5 Å². The van der Waals surface area contributed by atoms with Gasteiger partial charge in [0.1, 0.15) is 6.61 Å². The third-order valence-corrected chi connectivity index (χ3v) is 5.63. The molecule has 2 amide bonds. The number of benzene rings is 2. The summed E-state index contributed by atoms with van der Waals surface area (Å²) in [4.78, 5) is 35.9.